The molecule has 1 aliphatic rings. The smallest absolute Gasteiger partial charge is 0.266 e. The van der Waals surface area contributed by atoms with Crippen molar-refractivity contribution in [3.8, 4) is 11.1 Å². The summed E-state index contributed by atoms with van der Waals surface area (Å²) in [6, 6.07) is 15.5. The van der Waals surface area contributed by atoms with Crippen molar-refractivity contribution in [2.75, 3.05) is 0 Å². The minimum atomic E-state index is -0.337. The first-order valence-corrected chi connectivity index (χ1v) is 13.7. The third-order valence-electron chi connectivity index (χ3n) is 6.45. The summed E-state index contributed by atoms with van der Waals surface area (Å²) in [5.74, 6) is -0.446. The van der Waals surface area contributed by atoms with Crippen LogP contribution in [0.1, 0.15) is 47.3 Å². The van der Waals surface area contributed by atoms with E-state index in [1.807, 2.05) is 23.1 Å². The molecular formula is C27H23ClFIN2OS. The number of amides is 1. The predicted octanol–water partition coefficient (Wildman–Crippen LogP) is 8.34. The normalized spacial score (nSPS) is 14.4. The Hall–Kier alpha value is -2.03. The molecule has 2 heterocycles. The van der Waals surface area contributed by atoms with E-state index in [1.54, 1.807) is 18.5 Å². The van der Waals surface area contributed by atoms with Crippen molar-refractivity contribution in [3.05, 3.63) is 85.8 Å². The van der Waals surface area contributed by atoms with Gasteiger partial charge in [-0.3, -0.25) is 9.78 Å². The highest BCUT2D eigenvalue weighted by molar-refractivity contribution is 14.1. The number of hydrogen-bond acceptors (Lipinski definition) is 3. The van der Waals surface area contributed by atoms with Crippen LogP contribution in [0.2, 0.25) is 5.02 Å². The largest absolute Gasteiger partial charge is 0.331 e. The molecule has 0 aliphatic heterocycles. The summed E-state index contributed by atoms with van der Waals surface area (Å²) in [5.41, 5.74) is 3.24. The van der Waals surface area contributed by atoms with E-state index in [4.69, 9.17) is 11.6 Å². The molecular weight excluding hydrogens is 582 g/mol. The SMILES string of the molecule is O=C(c1sc2c(F)ccc(I)c2c1Cl)N(Cc1cccc(-c2ccncc2)c1)C1CCCCC1. The van der Waals surface area contributed by atoms with Crippen LogP contribution < -0.4 is 0 Å². The van der Waals surface area contributed by atoms with Gasteiger partial charge in [0.1, 0.15) is 10.7 Å². The zero-order chi connectivity index (χ0) is 23.7. The Bertz CT molecular complexity index is 1340. The number of fused-ring (bicyclic) bond motifs is 1. The van der Waals surface area contributed by atoms with E-state index in [9.17, 15) is 9.18 Å². The number of carbonyl (C=O) groups is 1. The van der Waals surface area contributed by atoms with Gasteiger partial charge in [0.05, 0.1) is 9.72 Å². The molecule has 1 saturated carbocycles. The van der Waals surface area contributed by atoms with Crippen LogP contribution in [0, 0.1) is 9.39 Å². The molecule has 0 spiro atoms. The number of benzene rings is 2. The van der Waals surface area contributed by atoms with Crippen LogP contribution in [0.25, 0.3) is 21.2 Å². The van der Waals surface area contributed by atoms with Crippen LogP contribution in [-0.2, 0) is 6.54 Å². The number of aromatic nitrogens is 1. The van der Waals surface area contributed by atoms with Gasteiger partial charge >= 0.3 is 0 Å². The Morgan fingerprint density at radius 2 is 1.85 bits per heavy atom. The number of nitrogens with zero attached hydrogens (tertiary/aromatic N) is 2. The molecule has 0 N–H and O–H groups in total. The average Bonchev–Trinajstić information content (AvgIpc) is 3.24. The predicted molar refractivity (Wildman–Crippen MR) is 146 cm³/mol. The maximum Gasteiger partial charge on any atom is 0.266 e. The molecule has 4 aromatic rings. The molecule has 1 amide bonds. The van der Waals surface area contributed by atoms with Crippen molar-refractivity contribution in [2.45, 2.75) is 44.7 Å². The minimum Gasteiger partial charge on any atom is -0.331 e. The van der Waals surface area contributed by atoms with Crippen LogP contribution in [0.4, 0.5) is 4.39 Å². The van der Waals surface area contributed by atoms with Gasteiger partial charge in [0, 0.05) is 33.9 Å². The van der Waals surface area contributed by atoms with E-state index in [2.05, 4.69) is 45.8 Å². The zero-order valence-electron chi connectivity index (χ0n) is 18.4. The lowest BCUT2D eigenvalue weighted by Gasteiger charge is -2.34. The van der Waals surface area contributed by atoms with Crippen molar-refractivity contribution >= 4 is 61.5 Å². The molecule has 0 saturated heterocycles. The third-order valence-corrected chi connectivity index (χ3v) is 9.02. The molecule has 1 aliphatic carbocycles. The van der Waals surface area contributed by atoms with Crippen molar-refractivity contribution in [1.29, 1.82) is 0 Å². The third kappa shape index (κ3) is 4.72. The molecule has 0 radical (unpaired) electrons. The van der Waals surface area contributed by atoms with Gasteiger partial charge in [-0.25, -0.2) is 4.39 Å². The van der Waals surface area contributed by atoms with E-state index in [0.29, 0.717) is 26.5 Å². The highest BCUT2D eigenvalue weighted by Crippen LogP contribution is 2.41. The molecule has 0 atom stereocenters. The Morgan fingerprint density at radius 3 is 2.59 bits per heavy atom. The second-order valence-corrected chi connectivity index (χ2v) is 11.2. The Labute approximate surface area is 221 Å². The maximum absolute atomic E-state index is 14.6. The number of rotatable bonds is 5. The van der Waals surface area contributed by atoms with Crippen LogP contribution in [0.15, 0.2) is 60.9 Å². The lowest BCUT2D eigenvalue weighted by molar-refractivity contribution is 0.0619. The summed E-state index contributed by atoms with van der Waals surface area (Å²) in [6.45, 7) is 0.493. The molecule has 3 nitrogen and oxygen atoms in total. The summed E-state index contributed by atoms with van der Waals surface area (Å²) in [7, 11) is 0. The second kappa shape index (κ2) is 10.3. The molecule has 7 heteroatoms. The van der Waals surface area contributed by atoms with Crippen LogP contribution in [0.5, 0.6) is 0 Å². The lowest BCUT2D eigenvalue weighted by Crippen LogP contribution is -2.40. The summed E-state index contributed by atoms with van der Waals surface area (Å²) in [4.78, 5) is 20.4. The van der Waals surface area contributed by atoms with Gasteiger partial charge in [0.2, 0.25) is 0 Å². The Morgan fingerprint density at radius 1 is 1.09 bits per heavy atom. The molecule has 1 fully saturated rings. The maximum atomic E-state index is 14.6. The van der Waals surface area contributed by atoms with E-state index >= 15 is 0 Å². The standard InChI is InChI=1S/C27H23ClFIN2OS/c28-24-23-22(30)10-9-21(29)25(23)34-26(24)27(33)32(20-7-2-1-3-8-20)16-17-5-4-6-19(15-17)18-11-13-31-14-12-18/h4-6,9-15,20H,1-3,7-8,16H2. The van der Waals surface area contributed by atoms with E-state index < -0.39 is 0 Å². The summed E-state index contributed by atoms with van der Waals surface area (Å²) >= 11 is 10.0. The first-order valence-electron chi connectivity index (χ1n) is 11.4. The molecule has 0 unspecified atom stereocenters. The number of pyridine rings is 1. The van der Waals surface area contributed by atoms with E-state index in [-0.39, 0.29) is 17.8 Å². The fraction of sp³-hybridized carbons (Fsp3) is 0.259. The fourth-order valence-corrected chi connectivity index (χ4v) is 7.31. The molecule has 2 aromatic carbocycles. The Balaban J connectivity index is 1.52. The van der Waals surface area contributed by atoms with Crippen LogP contribution in [0.3, 0.4) is 0 Å². The minimum absolute atomic E-state index is 0.109. The summed E-state index contributed by atoms with van der Waals surface area (Å²) in [6.07, 6.45) is 8.93. The molecule has 0 bridgehead atoms. The molecule has 5 rings (SSSR count). The first kappa shape index (κ1) is 23.7. The highest BCUT2D eigenvalue weighted by Gasteiger charge is 2.30. The monoisotopic (exact) mass is 604 g/mol. The summed E-state index contributed by atoms with van der Waals surface area (Å²) in [5, 5.41) is 0.999. The van der Waals surface area contributed by atoms with E-state index in [0.717, 1.165) is 45.9 Å². The van der Waals surface area contributed by atoms with Crippen molar-refractivity contribution in [1.82, 2.24) is 9.88 Å². The van der Waals surface area contributed by atoms with Gasteiger partial charge in [-0.2, -0.15) is 0 Å². The first-order chi connectivity index (χ1) is 16.5. The van der Waals surface area contributed by atoms with Gasteiger partial charge in [0.25, 0.3) is 5.91 Å². The highest BCUT2D eigenvalue weighted by atomic mass is 127. The number of halogens is 3. The van der Waals surface area contributed by atoms with E-state index in [1.165, 1.54) is 23.8 Å². The van der Waals surface area contributed by atoms with Crippen molar-refractivity contribution in [2.24, 2.45) is 0 Å². The molecule has 2 aromatic heterocycles. The van der Waals surface area contributed by atoms with Gasteiger partial charge in [-0.15, -0.1) is 11.3 Å². The quantitative estimate of drug-likeness (QED) is 0.215. The topological polar surface area (TPSA) is 33.2 Å². The fourth-order valence-electron chi connectivity index (χ4n) is 4.72. The van der Waals surface area contributed by atoms with Crippen molar-refractivity contribution in [3.63, 3.8) is 0 Å². The lowest BCUT2D eigenvalue weighted by atomic mass is 9.93. The number of carbonyl (C=O) groups excluding carboxylic acids is 1. The van der Waals surface area contributed by atoms with Gasteiger partial charge in [-0.05, 0) is 82.5 Å². The van der Waals surface area contributed by atoms with Gasteiger partial charge < -0.3 is 4.90 Å². The Kier molecular flexibility index (Phi) is 7.18. The van der Waals surface area contributed by atoms with Gasteiger partial charge in [-0.1, -0.05) is 49.1 Å². The number of thiophene rings is 1. The summed E-state index contributed by atoms with van der Waals surface area (Å²) < 4.78 is 15.8. The number of hydrogen-bond donors (Lipinski definition) is 0. The average molecular weight is 605 g/mol. The molecule has 174 valence electrons. The van der Waals surface area contributed by atoms with Gasteiger partial charge in [0.15, 0.2) is 0 Å². The second-order valence-electron chi connectivity index (χ2n) is 8.64. The van der Waals surface area contributed by atoms with Crippen LogP contribution >= 0.6 is 45.5 Å². The zero-order valence-corrected chi connectivity index (χ0v) is 22.2. The van der Waals surface area contributed by atoms with Crippen LogP contribution in [-0.4, -0.2) is 21.8 Å². The molecule has 34 heavy (non-hydrogen) atoms. The van der Waals surface area contributed by atoms with Crippen molar-refractivity contribution < 1.29 is 9.18 Å².